The predicted molar refractivity (Wildman–Crippen MR) is 101 cm³/mol. The molecule has 1 nitrogen and oxygen atoms in total. The fourth-order valence-electron chi connectivity index (χ4n) is 1.06. The molecule has 17 heavy (non-hydrogen) atoms. The van der Waals surface area contributed by atoms with Crippen molar-refractivity contribution in [2.24, 2.45) is 0 Å². The molecule has 0 saturated carbocycles. The van der Waals surface area contributed by atoms with E-state index in [2.05, 4.69) is 58.9 Å². The molecule has 0 aliphatic heterocycles. The third kappa shape index (κ3) is 11.5. The number of hydrogen-bond acceptors (Lipinski definition) is 4. The van der Waals surface area contributed by atoms with Crippen LogP contribution in [-0.4, -0.2) is 22.8 Å². The van der Waals surface area contributed by atoms with Gasteiger partial charge < -0.3 is 4.21 Å². The Balaban J connectivity index is 5.03. The Bertz CT molecular complexity index is 257. The minimum Gasteiger partial charge on any atom is -0.376 e. The molecule has 0 aromatic rings. The standard InChI is InChI=1S/C9H27OPS3Si3/c1-15(2,3)10-11(12,13-16(4,5)6)14-17(7,8)9/h1-9H3. The maximum absolute atomic E-state index is 6.44. The van der Waals surface area contributed by atoms with Crippen molar-refractivity contribution in [3.05, 3.63) is 0 Å². The molecule has 0 atom stereocenters. The molecule has 0 aromatic heterocycles. The first-order valence-corrected chi connectivity index (χ1v) is 23.3. The molecule has 0 aliphatic carbocycles. The normalized spacial score (nSPS) is 15.1. The maximum Gasteiger partial charge on any atom is 0.191 e. The van der Waals surface area contributed by atoms with E-state index in [-0.39, 0.29) is 0 Å². The van der Waals surface area contributed by atoms with Gasteiger partial charge in [0.25, 0.3) is 0 Å². The van der Waals surface area contributed by atoms with Crippen molar-refractivity contribution in [2.75, 3.05) is 0 Å². The van der Waals surface area contributed by atoms with Gasteiger partial charge in [0.1, 0.15) is 14.4 Å². The van der Waals surface area contributed by atoms with Crippen LogP contribution in [0.3, 0.4) is 0 Å². The molecule has 0 amide bonds. The first-order chi connectivity index (χ1) is 7.12. The van der Waals surface area contributed by atoms with Gasteiger partial charge in [-0.2, -0.15) is 0 Å². The highest BCUT2D eigenvalue weighted by Crippen LogP contribution is 2.75. The van der Waals surface area contributed by atoms with Crippen molar-refractivity contribution in [2.45, 2.75) is 58.9 Å². The van der Waals surface area contributed by atoms with Crippen LogP contribution in [0.15, 0.2) is 0 Å². The predicted octanol–water partition coefficient (Wildman–Crippen LogP) is 6.20. The zero-order valence-corrected chi connectivity index (χ0v) is 18.9. The van der Waals surface area contributed by atoms with E-state index in [1.165, 1.54) is 0 Å². The number of hydrogen-bond donors (Lipinski definition) is 0. The Morgan fingerprint density at radius 2 is 1.06 bits per heavy atom. The van der Waals surface area contributed by atoms with Crippen LogP contribution in [0.4, 0.5) is 0 Å². The highest BCUT2D eigenvalue weighted by molar-refractivity contribution is 9.09. The molecule has 0 aromatic carbocycles. The molecule has 0 bridgehead atoms. The van der Waals surface area contributed by atoms with Crippen molar-refractivity contribution in [3.63, 3.8) is 0 Å². The lowest BCUT2D eigenvalue weighted by atomic mass is 11.8. The van der Waals surface area contributed by atoms with Crippen LogP contribution in [0.25, 0.3) is 0 Å². The van der Waals surface area contributed by atoms with E-state index >= 15 is 0 Å². The van der Waals surface area contributed by atoms with E-state index < -0.39 is 27.4 Å². The third-order valence-corrected chi connectivity index (χ3v) is 34.4. The molecule has 0 saturated heterocycles. The smallest absolute Gasteiger partial charge is 0.191 e. The van der Waals surface area contributed by atoms with E-state index in [9.17, 15) is 0 Å². The van der Waals surface area contributed by atoms with E-state index in [0.29, 0.717) is 0 Å². The third-order valence-electron chi connectivity index (χ3n) is 1.16. The quantitative estimate of drug-likeness (QED) is 0.411. The average Bonchev–Trinajstić information content (AvgIpc) is 1.65. The van der Waals surface area contributed by atoms with Gasteiger partial charge >= 0.3 is 0 Å². The summed E-state index contributed by atoms with van der Waals surface area (Å²) in [6, 6.07) is 0. The summed E-state index contributed by atoms with van der Waals surface area (Å²) < 4.78 is 4.71. The molecule has 0 N–H and O–H groups in total. The Labute approximate surface area is 123 Å². The Hall–Kier alpha value is 1.96. The lowest BCUT2D eigenvalue weighted by Crippen LogP contribution is -2.26. The van der Waals surface area contributed by atoms with Crippen molar-refractivity contribution < 1.29 is 4.21 Å². The first kappa shape index (κ1) is 19.0. The fraction of sp³-hybridized carbons (Fsp3) is 1.00. The van der Waals surface area contributed by atoms with Crippen LogP contribution in [0.2, 0.25) is 58.9 Å². The van der Waals surface area contributed by atoms with Crippen LogP contribution in [-0.2, 0) is 16.0 Å². The summed E-state index contributed by atoms with van der Waals surface area (Å²) in [5.74, 6) is 0. The van der Waals surface area contributed by atoms with E-state index in [0.717, 1.165) is 0 Å². The summed E-state index contributed by atoms with van der Waals surface area (Å²) in [4.78, 5) is 0. The monoisotopic (exact) mass is 362 g/mol. The fourth-order valence-corrected chi connectivity index (χ4v) is 58.9. The Morgan fingerprint density at radius 1 is 0.765 bits per heavy atom. The molecule has 0 spiro atoms. The van der Waals surface area contributed by atoms with Gasteiger partial charge in [0, 0.05) is 0 Å². The molecule has 0 radical (unpaired) electrons. The largest absolute Gasteiger partial charge is 0.376 e. The van der Waals surface area contributed by atoms with Gasteiger partial charge in [-0.1, -0.05) is 39.3 Å². The second kappa shape index (κ2) is 6.16. The lowest BCUT2D eigenvalue weighted by Gasteiger charge is -2.35. The Kier molecular flexibility index (Phi) is 6.87. The van der Waals surface area contributed by atoms with E-state index in [1.54, 1.807) is 0 Å². The van der Waals surface area contributed by atoms with Crippen LogP contribution < -0.4 is 0 Å². The summed E-state index contributed by atoms with van der Waals surface area (Å²) in [7, 11) is 0.0583. The van der Waals surface area contributed by atoms with Gasteiger partial charge in [0.2, 0.25) is 0 Å². The molecular formula is C9H27OPS3Si3. The molecule has 8 heteroatoms. The van der Waals surface area contributed by atoms with Crippen LogP contribution >= 0.6 is 26.3 Å². The van der Waals surface area contributed by atoms with Gasteiger partial charge in [-0.25, -0.2) is 0 Å². The summed E-state index contributed by atoms with van der Waals surface area (Å²) in [5, 5.41) is 0. The molecule has 0 rings (SSSR count). The van der Waals surface area contributed by atoms with Gasteiger partial charge in [-0.3, -0.25) is 0 Å². The van der Waals surface area contributed by atoms with Crippen molar-refractivity contribution in [1.82, 2.24) is 0 Å². The van der Waals surface area contributed by atoms with Gasteiger partial charge in [0.05, 0.1) is 0 Å². The number of rotatable bonds is 6. The topological polar surface area (TPSA) is 9.23 Å². The summed E-state index contributed by atoms with van der Waals surface area (Å²) >= 11 is 5.97. The molecule has 0 fully saturated rings. The van der Waals surface area contributed by atoms with Gasteiger partial charge in [-0.15, -0.1) is 21.7 Å². The van der Waals surface area contributed by atoms with Crippen LogP contribution in [0.5, 0.6) is 0 Å². The van der Waals surface area contributed by atoms with Gasteiger partial charge in [-0.05, 0) is 31.4 Å². The second-order valence-electron chi connectivity index (χ2n) is 7.06. The summed E-state index contributed by atoms with van der Waals surface area (Å²) in [6.45, 7) is 21.0. The van der Waals surface area contributed by atoms with E-state index in [1.807, 2.05) is 21.7 Å². The molecule has 0 unspecified atom stereocenters. The maximum atomic E-state index is 6.44. The Morgan fingerprint density at radius 3 is 1.24 bits per heavy atom. The second-order valence-corrected chi connectivity index (χ2v) is 40.2. The van der Waals surface area contributed by atoms with E-state index in [4.69, 9.17) is 16.0 Å². The summed E-state index contributed by atoms with van der Waals surface area (Å²) in [5.41, 5.74) is 0. The van der Waals surface area contributed by atoms with Gasteiger partial charge in [0.15, 0.2) is 13.0 Å². The average molecular weight is 363 g/mol. The van der Waals surface area contributed by atoms with Crippen molar-refractivity contribution >= 4 is 60.9 Å². The minimum atomic E-state index is -1.73. The molecule has 104 valence electrons. The van der Waals surface area contributed by atoms with Crippen LogP contribution in [0, 0.1) is 0 Å². The SMILES string of the molecule is C[Si](C)(C)OP(=S)(S[Si](C)(C)C)S[Si](C)(C)C. The zero-order chi connectivity index (χ0) is 14.1. The first-order valence-electron chi connectivity index (χ1n) is 5.84. The lowest BCUT2D eigenvalue weighted by molar-refractivity contribution is 0.643. The molecule has 0 heterocycles. The highest BCUT2D eigenvalue weighted by Gasteiger charge is 2.36. The summed E-state index contributed by atoms with van der Waals surface area (Å²) in [6.07, 6.45) is 0. The van der Waals surface area contributed by atoms with Crippen LogP contribution in [0.1, 0.15) is 0 Å². The highest BCUT2D eigenvalue weighted by atomic mass is 33.3. The minimum absolute atomic E-state index is 1.23. The molecule has 0 aliphatic rings. The zero-order valence-electron chi connectivity index (χ0n) is 12.6. The van der Waals surface area contributed by atoms with Crippen molar-refractivity contribution in [1.29, 1.82) is 0 Å². The van der Waals surface area contributed by atoms with Crippen molar-refractivity contribution in [3.8, 4) is 0 Å². The molecular weight excluding hydrogens is 336 g/mol.